The zero-order chi connectivity index (χ0) is 14.1. The van der Waals surface area contributed by atoms with Gasteiger partial charge in [0.2, 0.25) is 11.9 Å². The van der Waals surface area contributed by atoms with E-state index in [0.29, 0.717) is 16.4 Å². The van der Waals surface area contributed by atoms with Crippen LogP contribution in [-0.2, 0) is 11.2 Å². The van der Waals surface area contributed by atoms with Crippen LogP contribution in [0.25, 0.3) is 5.65 Å². The molecule has 0 atom stereocenters. The standard InChI is InChI=1S/C13H11ClN4O2/c1-8-2-4-10(20-8)6-12(19)16-13-15-11-5-3-9(14)7-18(11)17-13/h2-5,7H,6H2,1H3,(H,16,17,19). The van der Waals surface area contributed by atoms with Crippen LogP contribution in [0.5, 0.6) is 0 Å². The van der Waals surface area contributed by atoms with Crippen LogP contribution in [-0.4, -0.2) is 20.5 Å². The number of nitrogens with zero attached hydrogens (tertiary/aromatic N) is 3. The molecule has 0 spiro atoms. The Hall–Kier alpha value is -2.34. The molecule has 0 saturated carbocycles. The maximum absolute atomic E-state index is 11.8. The SMILES string of the molecule is Cc1ccc(CC(=O)Nc2nc3ccc(Cl)cn3n2)o1. The zero-order valence-corrected chi connectivity index (χ0v) is 11.4. The Morgan fingerprint density at radius 1 is 1.40 bits per heavy atom. The summed E-state index contributed by atoms with van der Waals surface area (Å²) in [7, 11) is 0. The lowest BCUT2D eigenvalue weighted by Crippen LogP contribution is -2.15. The summed E-state index contributed by atoms with van der Waals surface area (Å²) >= 11 is 5.85. The number of hydrogen-bond donors (Lipinski definition) is 1. The molecule has 0 fully saturated rings. The van der Waals surface area contributed by atoms with Gasteiger partial charge < -0.3 is 4.42 Å². The van der Waals surface area contributed by atoms with Crippen molar-refractivity contribution in [2.45, 2.75) is 13.3 Å². The van der Waals surface area contributed by atoms with E-state index in [0.717, 1.165) is 5.76 Å². The average molecular weight is 291 g/mol. The molecule has 3 heterocycles. The molecule has 3 rings (SSSR count). The summed E-state index contributed by atoms with van der Waals surface area (Å²) in [6, 6.07) is 7.02. The van der Waals surface area contributed by atoms with E-state index < -0.39 is 0 Å². The Kier molecular flexibility index (Phi) is 3.15. The summed E-state index contributed by atoms with van der Waals surface area (Å²) in [5.41, 5.74) is 0.610. The van der Waals surface area contributed by atoms with Crippen LogP contribution in [0.3, 0.4) is 0 Å². The van der Waals surface area contributed by atoms with Crippen molar-refractivity contribution in [1.82, 2.24) is 14.6 Å². The Bertz CT molecular complexity index is 778. The van der Waals surface area contributed by atoms with Crippen LogP contribution >= 0.6 is 11.6 Å². The summed E-state index contributed by atoms with van der Waals surface area (Å²) in [6.45, 7) is 1.83. The number of halogens is 1. The minimum absolute atomic E-state index is 0.143. The number of furan rings is 1. The molecular weight excluding hydrogens is 280 g/mol. The number of nitrogens with one attached hydrogen (secondary N) is 1. The van der Waals surface area contributed by atoms with E-state index in [-0.39, 0.29) is 18.3 Å². The highest BCUT2D eigenvalue weighted by Crippen LogP contribution is 2.12. The van der Waals surface area contributed by atoms with Crippen molar-refractivity contribution < 1.29 is 9.21 Å². The minimum atomic E-state index is -0.235. The summed E-state index contributed by atoms with van der Waals surface area (Å²) < 4.78 is 6.85. The fourth-order valence-electron chi connectivity index (χ4n) is 1.82. The molecule has 0 radical (unpaired) electrons. The second-order valence-electron chi connectivity index (χ2n) is 4.32. The Morgan fingerprint density at radius 2 is 2.25 bits per heavy atom. The Labute approximate surface area is 119 Å². The zero-order valence-electron chi connectivity index (χ0n) is 10.6. The van der Waals surface area contributed by atoms with Crippen LogP contribution < -0.4 is 5.32 Å². The lowest BCUT2D eigenvalue weighted by atomic mass is 10.3. The van der Waals surface area contributed by atoms with Crippen LogP contribution in [0.2, 0.25) is 5.02 Å². The first-order valence-corrected chi connectivity index (χ1v) is 6.35. The predicted octanol–water partition coefficient (Wildman–Crippen LogP) is 2.47. The van der Waals surface area contributed by atoms with Crippen molar-refractivity contribution in [2.24, 2.45) is 0 Å². The first-order valence-electron chi connectivity index (χ1n) is 5.97. The van der Waals surface area contributed by atoms with Crippen molar-refractivity contribution in [3.8, 4) is 0 Å². The predicted molar refractivity (Wildman–Crippen MR) is 73.8 cm³/mol. The van der Waals surface area contributed by atoms with Crippen LogP contribution in [0.1, 0.15) is 11.5 Å². The number of carbonyl (C=O) groups is 1. The van der Waals surface area contributed by atoms with E-state index in [1.54, 1.807) is 24.4 Å². The number of fused-ring (bicyclic) bond motifs is 1. The normalized spacial score (nSPS) is 10.9. The molecule has 0 aliphatic heterocycles. The van der Waals surface area contributed by atoms with E-state index in [1.807, 2.05) is 13.0 Å². The number of carbonyl (C=O) groups excluding carboxylic acids is 1. The van der Waals surface area contributed by atoms with E-state index in [1.165, 1.54) is 4.52 Å². The third-order valence-electron chi connectivity index (χ3n) is 2.68. The molecule has 3 aromatic heterocycles. The van der Waals surface area contributed by atoms with Gasteiger partial charge in [0.1, 0.15) is 11.5 Å². The minimum Gasteiger partial charge on any atom is -0.466 e. The molecule has 0 unspecified atom stereocenters. The maximum Gasteiger partial charge on any atom is 0.249 e. The third kappa shape index (κ3) is 2.65. The Morgan fingerprint density at radius 3 is 3.00 bits per heavy atom. The van der Waals surface area contributed by atoms with Gasteiger partial charge >= 0.3 is 0 Å². The monoisotopic (exact) mass is 290 g/mol. The fraction of sp³-hybridized carbons (Fsp3) is 0.154. The van der Waals surface area contributed by atoms with Crippen molar-refractivity contribution in [3.63, 3.8) is 0 Å². The van der Waals surface area contributed by atoms with Gasteiger partial charge in [0.05, 0.1) is 11.4 Å². The molecule has 0 bridgehead atoms. The van der Waals surface area contributed by atoms with E-state index in [2.05, 4.69) is 15.4 Å². The molecule has 0 aliphatic rings. The van der Waals surface area contributed by atoms with Crippen molar-refractivity contribution in [1.29, 1.82) is 0 Å². The number of pyridine rings is 1. The van der Waals surface area contributed by atoms with Crippen LogP contribution in [0, 0.1) is 6.92 Å². The van der Waals surface area contributed by atoms with Gasteiger partial charge in [0, 0.05) is 6.20 Å². The number of aromatic nitrogens is 3. The molecule has 1 N–H and O–H groups in total. The van der Waals surface area contributed by atoms with Gasteiger partial charge in [-0.3, -0.25) is 10.1 Å². The summed E-state index contributed by atoms with van der Waals surface area (Å²) in [5.74, 6) is 1.38. The number of anilines is 1. The van der Waals surface area contributed by atoms with Crippen molar-refractivity contribution in [3.05, 3.63) is 47.0 Å². The molecule has 20 heavy (non-hydrogen) atoms. The molecule has 0 saturated heterocycles. The largest absolute Gasteiger partial charge is 0.466 e. The lowest BCUT2D eigenvalue weighted by molar-refractivity contribution is -0.115. The molecule has 6 nitrogen and oxygen atoms in total. The second kappa shape index (κ2) is 4.97. The summed E-state index contributed by atoms with van der Waals surface area (Å²) in [6.07, 6.45) is 1.76. The number of aryl methyl sites for hydroxylation is 1. The first-order chi connectivity index (χ1) is 9.60. The summed E-state index contributed by atoms with van der Waals surface area (Å²) in [5, 5.41) is 7.29. The number of amides is 1. The number of rotatable bonds is 3. The van der Waals surface area contributed by atoms with E-state index in [4.69, 9.17) is 16.0 Å². The van der Waals surface area contributed by atoms with E-state index >= 15 is 0 Å². The molecular formula is C13H11ClN4O2. The van der Waals surface area contributed by atoms with Gasteiger partial charge in [0.15, 0.2) is 5.65 Å². The highest BCUT2D eigenvalue weighted by molar-refractivity contribution is 6.30. The highest BCUT2D eigenvalue weighted by Gasteiger charge is 2.10. The molecule has 0 aliphatic carbocycles. The van der Waals surface area contributed by atoms with Gasteiger partial charge in [0.25, 0.3) is 0 Å². The van der Waals surface area contributed by atoms with Crippen LogP contribution in [0.15, 0.2) is 34.9 Å². The topological polar surface area (TPSA) is 72.4 Å². The van der Waals surface area contributed by atoms with Gasteiger partial charge in [-0.1, -0.05) is 11.6 Å². The lowest BCUT2D eigenvalue weighted by Gasteiger charge is -1.97. The van der Waals surface area contributed by atoms with Gasteiger partial charge in [-0.05, 0) is 31.2 Å². The number of hydrogen-bond acceptors (Lipinski definition) is 4. The fourth-order valence-corrected chi connectivity index (χ4v) is 1.97. The molecule has 7 heteroatoms. The molecule has 102 valence electrons. The quantitative estimate of drug-likeness (QED) is 0.804. The first kappa shape index (κ1) is 12.7. The van der Waals surface area contributed by atoms with Gasteiger partial charge in [-0.25, -0.2) is 4.52 Å². The maximum atomic E-state index is 11.8. The van der Waals surface area contributed by atoms with E-state index in [9.17, 15) is 4.79 Å². The second-order valence-corrected chi connectivity index (χ2v) is 4.76. The molecule has 1 amide bonds. The van der Waals surface area contributed by atoms with Gasteiger partial charge in [-0.15, -0.1) is 5.10 Å². The smallest absolute Gasteiger partial charge is 0.249 e. The van der Waals surface area contributed by atoms with Gasteiger partial charge in [-0.2, -0.15) is 4.98 Å². The third-order valence-corrected chi connectivity index (χ3v) is 2.90. The van der Waals surface area contributed by atoms with Crippen molar-refractivity contribution in [2.75, 3.05) is 5.32 Å². The van der Waals surface area contributed by atoms with Crippen LogP contribution in [0.4, 0.5) is 5.95 Å². The molecule has 0 aromatic carbocycles. The molecule has 3 aromatic rings. The average Bonchev–Trinajstić information content (AvgIpc) is 2.94. The summed E-state index contributed by atoms with van der Waals surface area (Å²) in [4.78, 5) is 16.0. The van der Waals surface area contributed by atoms with Crippen molar-refractivity contribution >= 4 is 29.1 Å². The Balaban J connectivity index is 1.73. The highest BCUT2D eigenvalue weighted by atomic mass is 35.5.